The summed E-state index contributed by atoms with van der Waals surface area (Å²) in [5, 5.41) is 0. The molecule has 156 valence electrons. The molecular formula is C23H26N4O3. The van der Waals surface area contributed by atoms with Gasteiger partial charge < -0.3 is 19.5 Å². The third kappa shape index (κ3) is 4.31. The fraction of sp³-hybridized carbons (Fsp3) is 0.304. The van der Waals surface area contributed by atoms with E-state index in [-0.39, 0.29) is 11.1 Å². The molecule has 0 aliphatic carbocycles. The number of hydrogen-bond donors (Lipinski definition) is 1. The van der Waals surface area contributed by atoms with Gasteiger partial charge in [0.1, 0.15) is 23.9 Å². The van der Waals surface area contributed by atoms with Crippen LogP contribution in [0.3, 0.4) is 0 Å². The second kappa shape index (κ2) is 8.59. The van der Waals surface area contributed by atoms with Crippen molar-refractivity contribution in [2.45, 2.75) is 19.1 Å². The Morgan fingerprint density at radius 3 is 2.57 bits per heavy atom. The minimum Gasteiger partial charge on any atom is -0.489 e. The molecule has 1 saturated heterocycles. The first-order chi connectivity index (χ1) is 14.5. The molecule has 1 aliphatic heterocycles. The van der Waals surface area contributed by atoms with Crippen LogP contribution in [0.15, 0.2) is 70.4 Å². The Bertz CT molecular complexity index is 1120. The molecule has 0 spiro atoms. The van der Waals surface area contributed by atoms with E-state index in [1.54, 1.807) is 18.3 Å². The number of nitrogens with zero attached hydrogens (tertiary/aromatic N) is 3. The molecule has 0 saturated carbocycles. The zero-order valence-corrected chi connectivity index (χ0v) is 17.2. The van der Waals surface area contributed by atoms with E-state index in [1.165, 1.54) is 10.6 Å². The van der Waals surface area contributed by atoms with Gasteiger partial charge in [0.15, 0.2) is 0 Å². The molecule has 7 heteroatoms. The van der Waals surface area contributed by atoms with Crippen LogP contribution in [0.2, 0.25) is 0 Å². The Labute approximate surface area is 175 Å². The number of likely N-dealkylation sites (N-methyl/N-ethyl adjacent to an activating group) is 1. The van der Waals surface area contributed by atoms with E-state index in [4.69, 9.17) is 4.74 Å². The Morgan fingerprint density at radius 2 is 1.90 bits per heavy atom. The summed E-state index contributed by atoms with van der Waals surface area (Å²) < 4.78 is 7.04. The second-order valence-corrected chi connectivity index (χ2v) is 7.76. The molecule has 0 radical (unpaired) electrons. The summed E-state index contributed by atoms with van der Waals surface area (Å²) in [4.78, 5) is 32.5. The van der Waals surface area contributed by atoms with Crippen LogP contribution in [0.5, 0.6) is 5.75 Å². The molecular weight excluding hydrogens is 380 g/mol. The summed E-state index contributed by atoms with van der Waals surface area (Å²) in [5.41, 5.74) is 0.711. The number of benzene rings is 1. The average molecular weight is 406 g/mol. The lowest BCUT2D eigenvalue weighted by Crippen LogP contribution is -2.32. The topological polar surface area (TPSA) is 70.6 Å². The number of nitrogens with one attached hydrogen (secondary N) is 1. The fourth-order valence-corrected chi connectivity index (χ4v) is 3.70. The number of anilines is 1. The number of ether oxygens (including phenoxy) is 1. The molecule has 2 aromatic heterocycles. The molecule has 1 atom stereocenters. The number of aromatic amines is 1. The van der Waals surface area contributed by atoms with Crippen molar-refractivity contribution in [3.05, 3.63) is 87.1 Å². The van der Waals surface area contributed by atoms with Gasteiger partial charge in [0, 0.05) is 31.4 Å². The largest absolute Gasteiger partial charge is 0.489 e. The van der Waals surface area contributed by atoms with Crippen molar-refractivity contribution < 1.29 is 4.74 Å². The Balaban J connectivity index is 1.50. The Morgan fingerprint density at radius 1 is 1.10 bits per heavy atom. The van der Waals surface area contributed by atoms with Crippen molar-refractivity contribution in [1.29, 1.82) is 0 Å². The first-order valence-corrected chi connectivity index (χ1v) is 10.1. The maximum absolute atomic E-state index is 12.7. The fourth-order valence-electron chi connectivity index (χ4n) is 3.70. The van der Waals surface area contributed by atoms with Gasteiger partial charge in [-0.05, 0) is 44.3 Å². The van der Waals surface area contributed by atoms with Gasteiger partial charge in [-0.2, -0.15) is 0 Å². The summed E-state index contributed by atoms with van der Waals surface area (Å²) in [6, 6.07) is 16.9. The molecule has 1 unspecified atom stereocenters. The highest BCUT2D eigenvalue weighted by atomic mass is 16.5. The zero-order valence-electron chi connectivity index (χ0n) is 17.2. The first kappa shape index (κ1) is 20.0. The number of rotatable bonds is 6. The van der Waals surface area contributed by atoms with Gasteiger partial charge in [-0.25, -0.2) is 0 Å². The minimum absolute atomic E-state index is 0.291. The zero-order chi connectivity index (χ0) is 21.1. The SMILES string of the molecule is CN(C)C1CCN(c2ccc(-n3ccc(OCc4ccccc4)cc3=O)c(=O)[nH]2)C1. The van der Waals surface area contributed by atoms with Gasteiger partial charge in [-0.1, -0.05) is 30.3 Å². The van der Waals surface area contributed by atoms with Gasteiger partial charge in [-0.3, -0.25) is 14.2 Å². The van der Waals surface area contributed by atoms with Crippen LogP contribution in [-0.2, 0) is 6.61 Å². The lowest BCUT2D eigenvalue weighted by Gasteiger charge is -2.21. The third-order valence-corrected chi connectivity index (χ3v) is 5.51. The van der Waals surface area contributed by atoms with Crippen molar-refractivity contribution in [2.24, 2.45) is 0 Å². The van der Waals surface area contributed by atoms with Gasteiger partial charge in [-0.15, -0.1) is 0 Å². The van der Waals surface area contributed by atoms with Crippen LogP contribution in [0.4, 0.5) is 5.82 Å². The Hall–Kier alpha value is -3.32. The quantitative estimate of drug-likeness (QED) is 0.680. The van der Waals surface area contributed by atoms with Crippen LogP contribution in [-0.4, -0.2) is 47.7 Å². The number of hydrogen-bond acceptors (Lipinski definition) is 5. The average Bonchev–Trinajstić information content (AvgIpc) is 3.24. The van der Waals surface area contributed by atoms with E-state index in [0.717, 1.165) is 30.9 Å². The predicted octanol–water partition coefficient (Wildman–Crippen LogP) is 2.25. The highest BCUT2D eigenvalue weighted by Gasteiger charge is 2.24. The lowest BCUT2D eigenvalue weighted by atomic mass is 10.2. The molecule has 3 heterocycles. The number of H-pyrrole nitrogens is 1. The van der Waals surface area contributed by atoms with Crippen molar-refractivity contribution in [3.8, 4) is 11.4 Å². The molecule has 1 aromatic carbocycles. The molecule has 1 fully saturated rings. The number of pyridine rings is 2. The molecule has 1 aliphatic rings. The molecule has 4 rings (SSSR count). The van der Waals surface area contributed by atoms with Crippen LogP contribution in [0, 0.1) is 0 Å². The molecule has 0 amide bonds. The van der Waals surface area contributed by atoms with E-state index in [2.05, 4.69) is 28.9 Å². The normalized spacial score (nSPS) is 16.2. The molecule has 7 nitrogen and oxygen atoms in total. The van der Waals surface area contributed by atoms with E-state index in [9.17, 15) is 9.59 Å². The maximum atomic E-state index is 12.7. The molecule has 3 aromatic rings. The molecule has 30 heavy (non-hydrogen) atoms. The number of aromatic nitrogens is 2. The van der Waals surface area contributed by atoms with E-state index in [1.807, 2.05) is 36.4 Å². The Kier molecular flexibility index (Phi) is 5.72. The summed E-state index contributed by atoms with van der Waals surface area (Å²) in [5.74, 6) is 1.25. The molecule has 0 bridgehead atoms. The highest BCUT2D eigenvalue weighted by molar-refractivity contribution is 5.45. The van der Waals surface area contributed by atoms with E-state index < -0.39 is 0 Å². The lowest BCUT2D eigenvalue weighted by molar-refractivity contribution is 0.305. The van der Waals surface area contributed by atoms with Gasteiger partial charge >= 0.3 is 0 Å². The van der Waals surface area contributed by atoms with Crippen LogP contribution < -0.4 is 20.8 Å². The van der Waals surface area contributed by atoms with Crippen LogP contribution in [0.1, 0.15) is 12.0 Å². The maximum Gasteiger partial charge on any atom is 0.273 e. The second-order valence-electron chi connectivity index (χ2n) is 7.76. The summed E-state index contributed by atoms with van der Waals surface area (Å²) in [6.07, 6.45) is 2.63. The first-order valence-electron chi connectivity index (χ1n) is 10.1. The van der Waals surface area contributed by atoms with Crippen molar-refractivity contribution in [3.63, 3.8) is 0 Å². The van der Waals surface area contributed by atoms with Crippen molar-refractivity contribution in [2.75, 3.05) is 32.1 Å². The van der Waals surface area contributed by atoms with Gasteiger partial charge in [0.25, 0.3) is 11.1 Å². The van der Waals surface area contributed by atoms with Gasteiger partial charge in [0.2, 0.25) is 0 Å². The predicted molar refractivity (Wildman–Crippen MR) is 118 cm³/mol. The van der Waals surface area contributed by atoms with Crippen LogP contribution in [0.25, 0.3) is 5.69 Å². The standard InChI is InChI=1S/C23H26N4O3/c1-25(2)18-10-12-26(15-18)21-9-8-20(23(29)24-21)27-13-11-19(14-22(27)28)30-16-17-6-4-3-5-7-17/h3-9,11,13-14,18H,10,12,15-16H2,1-2H3,(H,24,29). The highest BCUT2D eigenvalue weighted by Crippen LogP contribution is 2.20. The summed E-state index contributed by atoms with van der Waals surface area (Å²) in [6.45, 7) is 2.14. The smallest absolute Gasteiger partial charge is 0.273 e. The summed E-state index contributed by atoms with van der Waals surface area (Å²) >= 11 is 0. The van der Waals surface area contributed by atoms with Gasteiger partial charge in [0.05, 0.1) is 0 Å². The third-order valence-electron chi connectivity index (χ3n) is 5.51. The van der Waals surface area contributed by atoms with Crippen LogP contribution >= 0.6 is 0 Å². The van der Waals surface area contributed by atoms with E-state index >= 15 is 0 Å². The van der Waals surface area contributed by atoms with Crippen molar-refractivity contribution >= 4 is 5.82 Å². The van der Waals surface area contributed by atoms with E-state index in [0.29, 0.717) is 24.1 Å². The monoisotopic (exact) mass is 406 g/mol. The minimum atomic E-state index is -0.312. The molecule has 1 N–H and O–H groups in total. The van der Waals surface area contributed by atoms with Crippen molar-refractivity contribution in [1.82, 2.24) is 14.5 Å². The summed E-state index contributed by atoms with van der Waals surface area (Å²) in [7, 11) is 4.14.